The van der Waals surface area contributed by atoms with Gasteiger partial charge in [0.25, 0.3) is 5.91 Å². The van der Waals surface area contributed by atoms with Crippen molar-refractivity contribution in [3.8, 4) is 16.2 Å². The maximum Gasteiger partial charge on any atom is 0.329 e. The number of carboxylic acids is 1. The van der Waals surface area contributed by atoms with E-state index >= 15 is 0 Å². The van der Waals surface area contributed by atoms with Gasteiger partial charge in [0.1, 0.15) is 18.5 Å². The summed E-state index contributed by atoms with van der Waals surface area (Å²) >= 11 is 1.75. The second-order valence-corrected chi connectivity index (χ2v) is 11.8. The van der Waals surface area contributed by atoms with E-state index in [0.29, 0.717) is 11.6 Å². The molecule has 1 unspecified atom stereocenters. The summed E-state index contributed by atoms with van der Waals surface area (Å²) in [5, 5.41) is 18.8. The smallest absolute Gasteiger partial charge is 0.329 e. The number of nitrogens with one attached hydrogen (secondary N) is 3. The molecule has 2 aliphatic rings. The zero-order valence-corrected chi connectivity index (χ0v) is 23.8. The van der Waals surface area contributed by atoms with E-state index in [2.05, 4.69) is 40.2 Å². The normalized spacial score (nSPS) is 19.6. The Labute approximate surface area is 239 Å². The van der Waals surface area contributed by atoms with Crippen LogP contribution in [0.2, 0.25) is 0 Å². The number of amides is 1. The number of carbonyl (C=O) groups is 2. The van der Waals surface area contributed by atoms with E-state index in [0.717, 1.165) is 61.3 Å². The standard InChI is InChI=1S/C31H37N3O5S/c1-19-6-8-25(39-26-15-32-16-26)14-28(19)31(37)34-20(2)21-4-3-5-22(12-21)29-11-10-27(40-29)17-33-23-7-9-24(13-23)38-18-30(35)36/h3-6,8,10-12,14,20,23-24,26,32-33H,7,9,13,15-18H2,1-2H3,(H,34,37)(H,35,36)/t20?,23-,24+/m0/s1. The molecule has 8 nitrogen and oxygen atoms in total. The van der Waals surface area contributed by atoms with Crippen LogP contribution < -0.4 is 20.7 Å². The minimum atomic E-state index is -0.920. The summed E-state index contributed by atoms with van der Waals surface area (Å²) < 4.78 is 11.4. The quantitative estimate of drug-likeness (QED) is 0.253. The number of carboxylic acid groups (broad SMARTS) is 1. The van der Waals surface area contributed by atoms with Gasteiger partial charge in [0.2, 0.25) is 0 Å². The molecule has 3 atom stereocenters. The summed E-state index contributed by atoms with van der Waals surface area (Å²) in [6, 6.07) is 18.5. The summed E-state index contributed by atoms with van der Waals surface area (Å²) in [7, 11) is 0. The summed E-state index contributed by atoms with van der Waals surface area (Å²) in [5.41, 5.74) is 3.71. The average molecular weight is 564 g/mol. The largest absolute Gasteiger partial charge is 0.488 e. The lowest BCUT2D eigenvalue weighted by molar-refractivity contribution is -0.144. The highest BCUT2D eigenvalue weighted by Crippen LogP contribution is 2.31. The number of carbonyl (C=O) groups excluding carboxylic acids is 1. The van der Waals surface area contributed by atoms with E-state index in [4.69, 9.17) is 14.6 Å². The molecular formula is C31H37N3O5S. The van der Waals surface area contributed by atoms with Crippen LogP contribution in [0.15, 0.2) is 54.6 Å². The van der Waals surface area contributed by atoms with Gasteiger partial charge < -0.3 is 30.5 Å². The van der Waals surface area contributed by atoms with Crippen LogP contribution in [0.3, 0.4) is 0 Å². The molecule has 212 valence electrons. The van der Waals surface area contributed by atoms with Crippen molar-refractivity contribution in [1.82, 2.24) is 16.0 Å². The third-order valence-corrected chi connectivity index (χ3v) is 8.71. The van der Waals surface area contributed by atoms with Crippen molar-refractivity contribution >= 4 is 23.2 Å². The number of rotatable bonds is 12. The number of aryl methyl sites for hydroxylation is 1. The predicted octanol–water partition coefficient (Wildman–Crippen LogP) is 4.68. The molecule has 40 heavy (non-hydrogen) atoms. The number of ether oxygens (including phenoxy) is 2. The van der Waals surface area contributed by atoms with E-state index in [1.807, 2.05) is 44.2 Å². The molecule has 2 aromatic carbocycles. The van der Waals surface area contributed by atoms with Crippen LogP contribution in [-0.2, 0) is 16.1 Å². The van der Waals surface area contributed by atoms with E-state index in [1.165, 1.54) is 9.75 Å². The van der Waals surface area contributed by atoms with Crippen molar-refractivity contribution < 1.29 is 24.2 Å². The predicted molar refractivity (Wildman–Crippen MR) is 156 cm³/mol. The molecule has 1 aliphatic carbocycles. The molecule has 9 heteroatoms. The highest BCUT2D eigenvalue weighted by molar-refractivity contribution is 7.15. The molecule has 0 bridgehead atoms. The molecule has 1 aliphatic heterocycles. The van der Waals surface area contributed by atoms with Gasteiger partial charge in [0.15, 0.2) is 0 Å². The fourth-order valence-electron chi connectivity index (χ4n) is 5.12. The summed E-state index contributed by atoms with van der Waals surface area (Å²) in [4.78, 5) is 26.3. The molecule has 1 saturated heterocycles. The van der Waals surface area contributed by atoms with Crippen LogP contribution in [0.1, 0.15) is 58.6 Å². The maximum atomic E-state index is 13.2. The maximum absolute atomic E-state index is 13.2. The summed E-state index contributed by atoms with van der Waals surface area (Å²) in [6.45, 7) is 6.15. The Morgan fingerprint density at radius 1 is 1.10 bits per heavy atom. The fraction of sp³-hybridized carbons (Fsp3) is 0.419. The first-order valence-electron chi connectivity index (χ1n) is 13.9. The van der Waals surface area contributed by atoms with Gasteiger partial charge in [-0.2, -0.15) is 0 Å². The molecule has 1 aromatic heterocycles. The van der Waals surface area contributed by atoms with E-state index < -0.39 is 5.97 Å². The second kappa shape index (κ2) is 13.0. The van der Waals surface area contributed by atoms with Crippen molar-refractivity contribution in [3.63, 3.8) is 0 Å². The molecule has 1 saturated carbocycles. The first-order valence-corrected chi connectivity index (χ1v) is 14.7. The number of hydrogen-bond donors (Lipinski definition) is 4. The Bertz CT molecular complexity index is 1340. The minimum Gasteiger partial charge on any atom is -0.488 e. The van der Waals surface area contributed by atoms with Crippen LogP contribution in [0.25, 0.3) is 10.4 Å². The van der Waals surface area contributed by atoms with Crippen molar-refractivity contribution in [2.45, 2.75) is 63.9 Å². The SMILES string of the molecule is Cc1ccc(OC2CNC2)cc1C(=O)NC(C)c1cccc(-c2ccc(CN[C@H]3CC[C@@H](OCC(=O)O)C3)s2)c1. The van der Waals surface area contributed by atoms with Gasteiger partial charge in [0, 0.05) is 41.0 Å². The van der Waals surface area contributed by atoms with Crippen LogP contribution in [0, 0.1) is 6.92 Å². The Balaban J connectivity index is 1.16. The first-order chi connectivity index (χ1) is 19.3. The summed E-state index contributed by atoms with van der Waals surface area (Å²) in [6.07, 6.45) is 2.89. The number of benzene rings is 2. The Morgan fingerprint density at radius 3 is 2.73 bits per heavy atom. The molecule has 3 aromatic rings. The van der Waals surface area contributed by atoms with Crippen LogP contribution in [0.4, 0.5) is 0 Å². The van der Waals surface area contributed by atoms with Crippen molar-refractivity contribution in [1.29, 1.82) is 0 Å². The topological polar surface area (TPSA) is 109 Å². The van der Waals surface area contributed by atoms with Crippen LogP contribution >= 0.6 is 11.3 Å². The zero-order valence-electron chi connectivity index (χ0n) is 22.9. The third-order valence-electron chi connectivity index (χ3n) is 7.57. The molecule has 1 amide bonds. The molecule has 0 radical (unpaired) electrons. The number of aliphatic carboxylic acids is 1. The summed E-state index contributed by atoms with van der Waals surface area (Å²) in [5.74, 6) is -0.310. The van der Waals surface area contributed by atoms with Crippen LogP contribution in [0.5, 0.6) is 5.75 Å². The Hall–Kier alpha value is -3.24. The highest BCUT2D eigenvalue weighted by atomic mass is 32.1. The second-order valence-electron chi connectivity index (χ2n) is 10.7. The third kappa shape index (κ3) is 7.28. The van der Waals surface area contributed by atoms with E-state index in [-0.39, 0.29) is 30.8 Å². The lowest BCUT2D eigenvalue weighted by Crippen LogP contribution is -2.50. The molecule has 5 rings (SSSR count). The van der Waals surface area contributed by atoms with Gasteiger partial charge >= 0.3 is 5.97 Å². The number of hydrogen-bond acceptors (Lipinski definition) is 7. The molecule has 2 fully saturated rings. The zero-order chi connectivity index (χ0) is 28.1. The fourth-order valence-corrected chi connectivity index (χ4v) is 6.07. The van der Waals surface area contributed by atoms with Crippen molar-refractivity contribution in [2.24, 2.45) is 0 Å². The van der Waals surface area contributed by atoms with Gasteiger partial charge in [0.05, 0.1) is 12.1 Å². The molecular weight excluding hydrogens is 526 g/mol. The Kier molecular flexibility index (Phi) is 9.16. The van der Waals surface area contributed by atoms with Crippen molar-refractivity contribution in [2.75, 3.05) is 19.7 Å². The molecule has 0 spiro atoms. The monoisotopic (exact) mass is 563 g/mol. The van der Waals surface area contributed by atoms with E-state index in [1.54, 1.807) is 11.3 Å². The lowest BCUT2D eigenvalue weighted by Gasteiger charge is -2.28. The first kappa shape index (κ1) is 28.3. The van der Waals surface area contributed by atoms with Crippen molar-refractivity contribution in [3.05, 3.63) is 76.2 Å². The van der Waals surface area contributed by atoms with E-state index in [9.17, 15) is 9.59 Å². The average Bonchev–Trinajstić information content (AvgIpc) is 3.59. The van der Waals surface area contributed by atoms with Gasteiger partial charge in [-0.05, 0) is 80.1 Å². The molecule has 2 heterocycles. The van der Waals surface area contributed by atoms with Gasteiger partial charge in [-0.3, -0.25) is 4.79 Å². The van der Waals surface area contributed by atoms with Crippen LogP contribution in [-0.4, -0.2) is 54.9 Å². The van der Waals surface area contributed by atoms with Gasteiger partial charge in [-0.1, -0.05) is 24.3 Å². The van der Waals surface area contributed by atoms with Gasteiger partial charge in [-0.25, -0.2) is 4.79 Å². The molecule has 4 N–H and O–H groups in total. The number of thiophene rings is 1. The highest BCUT2D eigenvalue weighted by Gasteiger charge is 2.25. The van der Waals surface area contributed by atoms with Gasteiger partial charge in [-0.15, -0.1) is 11.3 Å². The minimum absolute atomic E-state index is 0.0174. The Morgan fingerprint density at radius 2 is 1.95 bits per heavy atom. The lowest BCUT2D eigenvalue weighted by atomic mass is 10.0.